The average molecular weight is 353 g/mol. The monoisotopic (exact) mass is 352 g/mol. The van der Waals surface area contributed by atoms with Crippen molar-refractivity contribution in [3.8, 4) is 0 Å². The van der Waals surface area contributed by atoms with Gasteiger partial charge in [-0.05, 0) is 48.6 Å². The predicted molar refractivity (Wildman–Crippen MR) is 91.8 cm³/mol. The molecule has 0 saturated heterocycles. The fourth-order valence-electron chi connectivity index (χ4n) is 2.01. The number of hydrogen-bond donors (Lipinski definition) is 3. The van der Waals surface area contributed by atoms with Crippen molar-refractivity contribution in [2.24, 2.45) is 0 Å². The molecule has 1 atom stereocenters. The number of aliphatic hydroxyl groups is 1. The summed E-state index contributed by atoms with van der Waals surface area (Å²) in [5.41, 5.74) is 2.12. The molecule has 0 aliphatic rings. The Morgan fingerprint density at radius 3 is 2.65 bits per heavy atom. The Morgan fingerprint density at radius 1 is 1.26 bits per heavy atom. The molecule has 0 bridgehead atoms. The molecule has 1 aromatic heterocycles. The summed E-state index contributed by atoms with van der Waals surface area (Å²) in [6.07, 6.45) is -0.834. The Labute approximate surface area is 143 Å². The Hall–Kier alpha value is -1.89. The first-order valence-electron chi connectivity index (χ1n) is 6.96. The van der Waals surface area contributed by atoms with Crippen LogP contribution in [0.2, 0.25) is 5.02 Å². The van der Waals surface area contributed by atoms with Gasteiger partial charge in [0.2, 0.25) is 0 Å². The number of rotatable bonds is 4. The van der Waals surface area contributed by atoms with Gasteiger partial charge in [-0.1, -0.05) is 17.7 Å². The van der Waals surface area contributed by atoms with Crippen LogP contribution < -0.4 is 10.6 Å². The van der Waals surface area contributed by atoms with Gasteiger partial charge in [-0.15, -0.1) is 11.3 Å². The van der Waals surface area contributed by atoms with Gasteiger partial charge >= 0.3 is 11.8 Å². The maximum absolute atomic E-state index is 11.9. The van der Waals surface area contributed by atoms with Gasteiger partial charge in [-0.3, -0.25) is 9.59 Å². The second-order valence-corrected chi connectivity index (χ2v) is 6.42. The molecule has 23 heavy (non-hydrogen) atoms. The summed E-state index contributed by atoms with van der Waals surface area (Å²) < 4.78 is 0. The average Bonchev–Trinajstić information content (AvgIpc) is 2.95. The lowest BCUT2D eigenvalue weighted by molar-refractivity contribution is -0.136. The van der Waals surface area contributed by atoms with E-state index in [0.717, 1.165) is 10.4 Å². The minimum Gasteiger partial charge on any atom is -0.386 e. The highest BCUT2D eigenvalue weighted by Crippen LogP contribution is 2.24. The third-order valence-electron chi connectivity index (χ3n) is 3.38. The van der Waals surface area contributed by atoms with Crippen molar-refractivity contribution in [2.45, 2.75) is 20.0 Å². The molecule has 0 spiro atoms. The number of halogens is 1. The zero-order valence-corrected chi connectivity index (χ0v) is 14.3. The normalized spacial score (nSPS) is 11.8. The number of aryl methyl sites for hydroxylation is 1. The van der Waals surface area contributed by atoms with Crippen molar-refractivity contribution >= 4 is 40.4 Å². The van der Waals surface area contributed by atoms with Crippen LogP contribution in [0.3, 0.4) is 0 Å². The maximum atomic E-state index is 11.9. The van der Waals surface area contributed by atoms with Gasteiger partial charge in [0, 0.05) is 22.1 Å². The molecule has 0 radical (unpaired) electrons. The summed E-state index contributed by atoms with van der Waals surface area (Å²) in [4.78, 5) is 24.5. The van der Waals surface area contributed by atoms with E-state index in [1.54, 1.807) is 25.1 Å². The molecule has 0 aliphatic heterocycles. The van der Waals surface area contributed by atoms with E-state index in [1.807, 2.05) is 18.4 Å². The molecule has 0 unspecified atom stereocenters. The number of anilines is 1. The lowest BCUT2D eigenvalue weighted by atomic mass is 10.2. The van der Waals surface area contributed by atoms with Crippen molar-refractivity contribution < 1.29 is 14.7 Å². The SMILES string of the molecule is Cc1ccsc1[C@H](O)CNC(=O)C(=O)Nc1cccc(Cl)c1C. The molecule has 122 valence electrons. The van der Waals surface area contributed by atoms with E-state index in [0.29, 0.717) is 16.3 Å². The van der Waals surface area contributed by atoms with Crippen LogP contribution in [0.15, 0.2) is 29.6 Å². The zero-order chi connectivity index (χ0) is 17.0. The molecule has 0 saturated carbocycles. The van der Waals surface area contributed by atoms with Crippen LogP contribution in [0, 0.1) is 13.8 Å². The van der Waals surface area contributed by atoms with E-state index in [-0.39, 0.29) is 6.54 Å². The summed E-state index contributed by atoms with van der Waals surface area (Å²) in [6.45, 7) is 3.60. The molecule has 2 aromatic rings. The van der Waals surface area contributed by atoms with Crippen LogP contribution in [-0.4, -0.2) is 23.5 Å². The van der Waals surface area contributed by atoms with Crippen LogP contribution in [0.1, 0.15) is 22.1 Å². The molecule has 0 fully saturated rings. The molecule has 1 heterocycles. The highest BCUT2D eigenvalue weighted by Gasteiger charge is 2.18. The molecule has 7 heteroatoms. The van der Waals surface area contributed by atoms with Crippen molar-refractivity contribution in [2.75, 3.05) is 11.9 Å². The Bertz CT molecular complexity index is 730. The maximum Gasteiger partial charge on any atom is 0.313 e. The van der Waals surface area contributed by atoms with Crippen LogP contribution in [0.4, 0.5) is 5.69 Å². The van der Waals surface area contributed by atoms with Crippen LogP contribution in [0.25, 0.3) is 0 Å². The number of nitrogens with one attached hydrogen (secondary N) is 2. The summed E-state index contributed by atoms with van der Waals surface area (Å²) in [5, 5.41) is 17.3. The van der Waals surface area contributed by atoms with Gasteiger partial charge in [-0.2, -0.15) is 0 Å². The van der Waals surface area contributed by atoms with Crippen LogP contribution in [-0.2, 0) is 9.59 Å². The van der Waals surface area contributed by atoms with Gasteiger partial charge in [0.05, 0.1) is 0 Å². The van der Waals surface area contributed by atoms with Gasteiger partial charge in [-0.25, -0.2) is 0 Å². The van der Waals surface area contributed by atoms with Gasteiger partial charge < -0.3 is 15.7 Å². The molecule has 3 N–H and O–H groups in total. The summed E-state index contributed by atoms with van der Waals surface area (Å²) in [7, 11) is 0. The number of aliphatic hydroxyl groups excluding tert-OH is 1. The molecule has 1 aromatic carbocycles. The third kappa shape index (κ3) is 4.31. The van der Waals surface area contributed by atoms with E-state index in [9.17, 15) is 14.7 Å². The number of carbonyl (C=O) groups excluding carboxylic acids is 2. The number of benzene rings is 1. The van der Waals surface area contributed by atoms with Gasteiger partial charge in [0.25, 0.3) is 0 Å². The molecule has 5 nitrogen and oxygen atoms in total. The molecule has 0 aliphatic carbocycles. The fraction of sp³-hybridized carbons (Fsp3) is 0.250. The van der Waals surface area contributed by atoms with E-state index in [1.165, 1.54) is 11.3 Å². The first-order chi connectivity index (χ1) is 10.9. The lowest BCUT2D eigenvalue weighted by Gasteiger charge is -2.12. The topological polar surface area (TPSA) is 78.4 Å². The highest BCUT2D eigenvalue weighted by molar-refractivity contribution is 7.10. The van der Waals surface area contributed by atoms with Gasteiger partial charge in [0.15, 0.2) is 0 Å². The zero-order valence-electron chi connectivity index (χ0n) is 12.7. The second kappa shape index (κ2) is 7.59. The standard InChI is InChI=1S/C16H17ClN2O3S/c1-9-6-7-23-14(9)13(20)8-18-15(21)16(22)19-12-5-3-4-11(17)10(12)2/h3-7,13,20H,8H2,1-2H3,(H,18,21)(H,19,22)/t13-/m1/s1. The molecular weight excluding hydrogens is 336 g/mol. The minimum atomic E-state index is -0.834. The third-order valence-corrected chi connectivity index (χ3v) is 4.91. The number of carbonyl (C=O) groups is 2. The fourth-order valence-corrected chi connectivity index (χ4v) is 3.10. The predicted octanol–water partition coefficient (Wildman–Crippen LogP) is 2.81. The lowest BCUT2D eigenvalue weighted by Crippen LogP contribution is -2.37. The van der Waals surface area contributed by atoms with E-state index < -0.39 is 17.9 Å². The van der Waals surface area contributed by atoms with Crippen molar-refractivity contribution in [3.63, 3.8) is 0 Å². The van der Waals surface area contributed by atoms with Crippen LogP contribution in [0.5, 0.6) is 0 Å². The van der Waals surface area contributed by atoms with E-state index in [4.69, 9.17) is 11.6 Å². The van der Waals surface area contributed by atoms with Crippen LogP contribution >= 0.6 is 22.9 Å². The second-order valence-electron chi connectivity index (χ2n) is 5.06. The van der Waals surface area contributed by atoms with Crippen molar-refractivity contribution in [1.82, 2.24) is 5.32 Å². The molecular formula is C16H17ClN2O3S. The number of hydrogen-bond acceptors (Lipinski definition) is 4. The van der Waals surface area contributed by atoms with Crippen molar-refractivity contribution in [3.05, 3.63) is 50.7 Å². The van der Waals surface area contributed by atoms with E-state index >= 15 is 0 Å². The minimum absolute atomic E-state index is 0.0257. The Balaban J connectivity index is 1.92. The quantitative estimate of drug-likeness (QED) is 0.740. The summed E-state index contributed by atoms with van der Waals surface area (Å²) in [5.74, 6) is -1.61. The first kappa shape index (κ1) is 17.5. The summed E-state index contributed by atoms with van der Waals surface area (Å²) >= 11 is 7.38. The first-order valence-corrected chi connectivity index (χ1v) is 8.22. The number of thiophene rings is 1. The van der Waals surface area contributed by atoms with E-state index in [2.05, 4.69) is 10.6 Å². The van der Waals surface area contributed by atoms with Gasteiger partial charge in [0.1, 0.15) is 6.10 Å². The molecule has 2 rings (SSSR count). The summed E-state index contributed by atoms with van der Waals surface area (Å²) in [6, 6.07) is 6.94. The number of amides is 2. The van der Waals surface area contributed by atoms with Crippen molar-refractivity contribution in [1.29, 1.82) is 0 Å². The Morgan fingerprint density at radius 2 is 2.00 bits per heavy atom. The highest BCUT2D eigenvalue weighted by atomic mass is 35.5. The smallest absolute Gasteiger partial charge is 0.313 e. The Kier molecular flexibility index (Phi) is 5.76. The molecule has 2 amide bonds. The largest absolute Gasteiger partial charge is 0.386 e.